The summed E-state index contributed by atoms with van der Waals surface area (Å²) in [6, 6.07) is 7.44. The quantitative estimate of drug-likeness (QED) is 0.673. The van der Waals surface area contributed by atoms with E-state index in [1.165, 1.54) is 4.90 Å². The molecule has 1 aromatic carbocycles. The van der Waals surface area contributed by atoms with Gasteiger partial charge in [-0.05, 0) is 46.1 Å². The molecule has 0 fully saturated rings. The van der Waals surface area contributed by atoms with Gasteiger partial charge in [0, 0.05) is 13.1 Å². The van der Waals surface area contributed by atoms with Gasteiger partial charge in [0.2, 0.25) is 11.8 Å². The Morgan fingerprint density at radius 3 is 2.07 bits per heavy atom. The van der Waals surface area contributed by atoms with Gasteiger partial charge in [-0.1, -0.05) is 50.6 Å². The van der Waals surface area contributed by atoms with E-state index in [0.717, 1.165) is 0 Å². The zero-order chi connectivity index (χ0) is 23.1. The number of rotatable bonds is 8. The minimum Gasteiger partial charge on any atom is -0.444 e. The molecule has 0 heterocycles. The maximum absolute atomic E-state index is 13.4. The lowest BCUT2D eigenvalue weighted by Gasteiger charge is -2.33. The van der Waals surface area contributed by atoms with Gasteiger partial charge < -0.3 is 20.3 Å². The Kier molecular flexibility index (Phi) is 9.33. The van der Waals surface area contributed by atoms with Crippen LogP contribution in [0.15, 0.2) is 30.3 Å². The molecular weight excluding hydrogens is 382 g/mol. The molecule has 3 unspecified atom stereocenters. The molecule has 2 N–H and O–H groups in total. The SMILES string of the molecule is CCC(C)C(NC(=O)OC(C)(C)C)C(=O)N(C)C(C(=O)NC(C)C)c1ccccc1. The van der Waals surface area contributed by atoms with Crippen LogP contribution < -0.4 is 10.6 Å². The van der Waals surface area contributed by atoms with Crippen molar-refractivity contribution in [2.24, 2.45) is 5.92 Å². The topological polar surface area (TPSA) is 87.7 Å². The summed E-state index contributed by atoms with van der Waals surface area (Å²) >= 11 is 0. The van der Waals surface area contributed by atoms with E-state index in [2.05, 4.69) is 10.6 Å². The molecule has 3 amide bonds. The van der Waals surface area contributed by atoms with Crippen molar-refractivity contribution in [3.05, 3.63) is 35.9 Å². The first-order valence-electron chi connectivity index (χ1n) is 10.5. The van der Waals surface area contributed by atoms with Crippen molar-refractivity contribution >= 4 is 17.9 Å². The van der Waals surface area contributed by atoms with Gasteiger partial charge in [0.05, 0.1) is 0 Å². The predicted molar refractivity (Wildman–Crippen MR) is 118 cm³/mol. The molecule has 168 valence electrons. The Morgan fingerprint density at radius 2 is 1.60 bits per heavy atom. The van der Waals surface area contributed by atoms with E-state index in [1.807, 2.05) is 58.0 Å². The van der Waals surface area contributed by atoms with E-state index < -0.39 is 23.8 Å². The zero-order valence-corrected chi connectivity index (χ0v) is 19.5. The van der Waals surface area contributed by atoms with Crippen molar-refractivity contribution < 1.29 is 19.1 Å². The number of alkyl carbamates (subject to hydrolysis) is 1. The molecule has 7 heteroatoms. The van der Waals surface area contributed by atoms with Gasteiger partial charge in [0.1, 0.15) is 17.7 Å². The second-order valence-corrected chi connectivity index (χ2v) is 8.94. The lowest BCUT2D eigenvalue weighted by molar-refractivity contribution is -0.142. The summed E-state index contributed by atoms with van der Waals surface area (Å²) in [4.78, 5) is 40.1. The van der Waals surface area contributed by atoms with Crippen molar-refractivity contribution in [3.8, 4) is 0 Å². The van der Waals surface area contributed by atoms with Crippen LogP contribution in [-0.4, -0.2) is 47.5 Å². The first-order chi connectivity index (χ1) is 13.9. The lowest BCUT2D eigenvalue weighted by Crippen LogP contribution is -2.54. The monoisotopic (exact) mass is 419 g/mol. The maximum atomic E-state index is 13.4. The van der Waals surface area contributed by atoms with Gasteiger partial charge in [-0.2, -0.15) is 0 Å². The van der Waals surface area contributed by atoms with Crippen molar-refractivity contribution in [2.45, 2.75) is 78.6 Å². The summed E-state index contributed by atoms with van der Waals surface area (Å²) in [6.07, 6.45) is 0.0197. The number of ether oxygens (including phenoxy) is 1. The third kappa shape index (κ3) is 7.69. The van der Waals surface area contributed by atoms with E-state index in [-0.39, 0.29) is 23.8 Å². The molecule has 0 aliphatic rings. The molecule has 0 bridgehead atoms. The molecule has 0 aromatic heterocycles. The Labute approximate surface area is 180 Å². The highest BCUT2D eigenvalue weighted by molar-refractivity contribution is 5.92. The minimum absolute atomic E-state index is 0.0718. The molecule has 0 aliphatic carbocycles. The standard InChI is InChI=1S/C23H37N3O4/c1-9-16(4)18(25-22(29)30-23(5,6)7)21(28)26(8)19(20(27)24-15(2)3)17-13-11-10-12-14-17/h10-16,18-19H,9H2,1-8H3,(H,24,27)(H,25,29). The third-order valence-corrected chi connectivity index (χ3v) is 4.68. The highest BCUT2D eigenvalue weighted by Gasteiger charge is 2.36. The number of hydrogen-bond acceptors (Lipinski definition) is 4. The van der Waals surface area contributed by atoms with Crippen molar-refractivity contribution in [2.75, 3.05) is 7.05 Å². The smallest absolute Gasteiger partial charge is 0.408 e. The fraction of sp³-hybridized carbons (Fsp3) is 0.609. The molecule has 0 saturated heterocycles. The highest BCUT2D eigenvalue weighted by Crippen LogP contribution is 2.23. The van der Waals surface area contributed by atoms with Crippen LogP contribution >= 0.6 is 0 Å². The molecule has 7 nitrogen and oxygen atoms in total. The van der Waals surface area contributed by atoms with E-state index in [4.69, 9.17) is 4.74 Å². The van der Waals surface area contributed by atoms with E-state index in [9.17, 15) is 14.4 Å². The normalized spacial score (nSPS) is 14.4. The van der Waals surface area contributed by atoms with E-state index >= 15 is 0 Å². The van der Waals surface area contributed by atoms with Gasteiger partial charge >= 0.3 is 6.09 Å². The average molecular weight is 420 g/mol. The number of carbonyl (C=O) groups excluding carboxylic acids is 3. The Bertz CT molecular complexity index is 713. The highest BCUT2D eigenvalue weighted by atomic mass is 16.6. The zero-order valence-electron chi connectivity index (χ0n) is 19.5. The summed E-state index contributed by atoms with van der Waals surface area (Å²) in [5.41, 5.74) is 0.0228. The van der Waals surface area contributed by atoms with Crippen LogP contribution in [0.25, 0.3) is 0 Å². The van der Waals surface area contributed by atoms with Crippen molar-refractivity contribution in [3.63, 3.8) is 0 Å². The Morgan fingerprint density at radius 1 is 1.03 bits per heavy atom. The van der Waals surface area contributed by atoms with Crippen LogP contribution in [0.4, 0.5) is 4.79 Å². The number of nitrogens with one attached hydrogen (secondary N) is 2. The maximum Gasteiger partial charge on any atom is 0.408 e. The van der Waals surface area contributed by atoms with Crippen LogP contribution in [0.3, 0.4) is 0 Å². The lowest BCUT2D eigenvalue weighted by atomic mass is 9.96. The van der Waals surface area contributed by atoms with Crippen LogP contribution in [0, 0.1) is 5.92 Å². The molecule has 0 saturated carbocycles. The van der Waals surface area contributed by atoms with Crippen LogP contribution in [0.1, 0.15) is 66.5 Å². The van der Waals surface area contributed by atoms with Gasteiger partial charge in [-0.15, -0.1) is 0 Å². The number of carbonyl (C=O) groups is 3. The summed E-state index contributed by atoms with van der Waals surface area (Å²) in [6.45, 7) is 12.9. The fourth-order valence-corrected chi connectivity index (χ4v) is 3.01. The fourth-order valence-electron chi connectivity index (χ4n) is 3.01. The number of nitrogens with zero attached hydrogens (tertiary/aromatic N) is 1. The number of amides is 3. The van der Waals surface area contributed by atoms with E-state index in [1.54, 1.807) is 27.8 Å². The average Bonchev–Trinajstić information content (AvgIpc) is 2.63. The van der Waals surface area contributed by atoms with Crippen molar-refractivity contribution in [1.82, 2.24) is 15.5 Å². The molecule has 30 heavy (non-hydrogen) atoms. The van der Waals surface area contributed by atoms with Crippen LogP contribution in [0.2, 0.25) is 0 Å². The number of likely N-dealkylation sites (N-methyl/N-ethyl adjacent to an activating group) is 1. The number of hydrogen-bond donors (Lipinski definition) is 2. The predicted octanol–water partition coefficient (Wildman–Crippen LogP) is 3.65. The first kappa shape index (κ1) is 25.5. The molecule has 0 radical (unpaired) electrons. The summed E-state index contributed by atoms with van der Waals surface area (Å²) in [7, 11) is 1.59. The third-order valence-electron chi connectivity index (χ3n) is 4.68. The molecule has 3 atom stereocenters. The summed E-state index contributed by atoms with van der Waals surface area (Å²) in [5, 5.41) is 5.59. The minimum atomic E-state index is -0.812. The molecule has 0 spiro atoms. The molecule has 1 rings (SSSR count). The van der Waals surface area contributed by atoms with E-state index in [0.29, 0.717) is 12.0 Å². The summed E-state index contributed by atoms with van der Waals surface area (Å²) < 4.78 is 5.34. The van der Waals surface area contributed by atoms with Crippen LogP contribution in [0.5, 0.6) is 0 Å². The largest absolute Gasteiger partial charge is 0.444 e. The Hall–Kier alpha value is -2.57. The molecule has 1 aromatic rings. The molecule has 0 aliphatic heterocycles. The Balaban J connectivity index is 3.19. The summed E-state index contributed by atoms with van der Waals surface area (Å²) in [5.74, 6) is -0.757. The van der Waals surface area contributed by atoms with Crippen molar-refractivity contribution in [1.29, 1.82) is 0 Å². The first-order valence-corrected chi connectivity index (χ1v) is 10.5. The van der Waals surface area contributed by atoms with Gasteiger partial charge in [0.15, 0.2) is 0 Å². The second-order valence-electron chi connectivity index (χ2n) is 8.94. The van der Waals surface area contributed by atoms with Gasteiger partial charge in [0.25, 0.3) is 0 Å². The number of benzene rings is 1. The second kappa shape index (κ2) is 11.0. The van der Waals surface area contributed by atoms with Gasteiger partial charge in [-0.3, -0.25) is 9.59 Å². The molecular formula is C23H37N3O4. The van der Waals surface area contributed by atoms with Gasteiger partial charge in [-0.25, -0.2) is 4.79 Å². The van der Waals surface area contributed by atoms with Crippen LogP contribution in [-0.2, 0) is 14.3 Å².